The Morgan fingerprint density at radius 3 is 2.62 bits per heavy atom. The minimum absolute atomic E-state index is 0.0432. The van der Waals surface area contributed by atoms with Gasteiger partial charge in [0.05, 0.1) is 5.69 Å². The second-order valence-corrected chi connectivity index (χ2v) is 5.50. The van der Waals surface area contributed by atoms with E-state index in [1.165, 1.54) is 0 Å². The molecule has 1 heterocycles. The average molecular weight is 352 g/mol. The predicted molar refractivity (Wildman–Crippen MR) is 86.8 cm³/mol. The Bertz CT molecular complexity index is 694. The van der Waals surface area contributed by atoms with Crippen molar-refractivity contribution in [3.63, 3.8) is 0 Å². The summed E-state index contributed by atoms with van der Waals surface area (Å²) in [6.45, 7) is 4.63. The third kappa shape index (κ3) is 3.36. The van der Waals surface area contributed by atoms with Gasteiger partial charge in [0.1, 0.15) is 5.75 Å². The Hall–Kier alpha value is -1.59. The standard InChI is InChI=1S/C16H18BrNO3/c1-4-18-15(8-5-11(2)16(18)19)13-7-6-12(9-14(13)17)21-10-20-3/h5-9H,4,10H2,1-3H3. The Morgan fingerprint density at radius 1 is 1.24 bits per heavy atom. The molecule has 2 rings (SSSR count). The zero-order valence-corrected chi connectivity index (χ0v) is 13.9. The number of pyridine rings is 1. The normalized spacial score (nSPS) is 10.7. The van der Waals surface area contributed by atoms with E-state index in [4.69, 9.17) is 9.47 Å². The van der Waals surface area contributed by atoms with Gasteiger partial charge in [-0.1, -0.05) is 6.07 Å². The summed E-state index contributed by atoms with van der Waals surface area (Å²) < 4.78 is 12.9. The highest BCUT2D eigenvalue weighted by Crippen LogP contribution is 2.31. The molecular weight excluding hydrogens is 334 g/mol. The van der Waals surface area contributed by atoms with E-state index in [9.17, 15) is 4.79 Å². The van der Waals surface area contributed by atoms with Crippen LogP contribution in [0.4, 0.5) is 0 Å². The molecule has 0 bridgehead atoms. The molecule has 0 aliphatic rings. The Labute approximate surface area is 132 Å². The number of nitrogens with zero attached hydrogens (tertiary/aromatic N) is 1. The molecule has 0 atom stereocenters. The van der Waals surface area contributed by atoms with E-state index in [1.54, 1.807) is 11.7 Å². The molecule has 0 unspecified atom stereocenters. The largest absolute Gasteiger partial charge is 0.468 e. The molecule has 5 heteroatoms. The van der Waals surface area contributed by atoms with E-state index < -0.39 is 0 Å². The summed E-state index contributed by atoms with van der Waals surface area (Å²) in [5, 5.41) is 0. The van der Waals surface area contributed by atoms with Crippen LogP contribution in [0.2, 0.25) is 0 Å². The number of methoxy groups -OCH3 is 1. The quantitative estimate of drug-likeness (QED) is 0.773. The lowest BCUT2D eigenvalue weighted by Gasteiger charge is -2.14. The van der Waals surface area contributed by atoms with E-state index >= 15 is 0 Å². The third-order valence-electron chi connectivity index (χ3n) is 3.24. The van der Waals surface area contributed by atoms with Crippen molar-refractivity contribution in [3.05, 3.63) is 50.7 Å². The number of hydrogen-bond donors (Lipinski definition) is 0. The van der Waals surface area contributed by atoms with Crippen LogP contribution >= 0.6 is 15.9 Å². The summed E-state index contributed by atoms with van der Waals surface area (Å²) in [5.41, 5.74) is 2.63. The first kappa shape index (κ1) is 15.8. The fraction of sp³-hybridized carbons (Fsp3) is 0.312. The number of ether oxygens (including phenoxy) is 2. The lowest BCUT2D eigenvalue weighted by atomic mass is 10.1. The van der Waals surface area contributed by atoms with E-state index in [2.05, 4.69) is 15.9 Å². The van der Waals surface area contributed by atoms with Gasteiger partial charge in [0, 0.05) is 29.3 Å². The van der Waals surface area contributed by atoms with Crippen molar-refractivity contribution in [2.45, 2.75) is 20.4 Å². The summed E-state index contributed by atoms with van der Waals surface area (Å²) >= 11 is 3.55. The molecule has 4 nitrogen and oxygen atoms in total. The van der Waals surface area contributed by atoms with E-state index in [0.29, 0.717) is 12.3 Å². The number of rotatable bonds is 5. The van der Waals surface area contributed by atoms with Gasteiger partial charge in [-0.3, -0.25) is 4.79 Å². The van der Waals surface area contributed by atoms with Crippen LogP contribution in [-0.4, -0.2) is 18.5 Å². The zero-order valence-electron chi connectivity index (χ0n) is 12.4. The second kappa shape index (κ2) is 6.91. The van der Waals surface area contributed by atoms with Gasteiger partial charge in [-0.25, -0.2) is 0 Å². The van der Waals surface area contributed by atoms with Crippen molar-refractivity contribution in [1.82, 2.24) is 4.57 Å². The molecule has 0 aliphatic heterocycles. The van der Waals surface area contributed by atoms with Gasteiger partial charge < -0.3 is 14.0 Å². The maximum Gasteiger partial charge on any atom is 0.253 e. The molecule has 1 aromatic heterocycles. The SMILES string of the molecule is CCn1c(-c2ccc(OCOC)cc2Br)ccc(C)c1=O. The van der Waals surface area contributed by atoms with Crippen molar-refractivity contribution >= 4 is 15.9 Å². The molecule has 0 spiro atoms. The first-order valence-corrected chi connectivity index (χ1v) is 7.50. The lowest BCUT2D eigenvalue weighted by molar-refractivity contribution is 0.0511. The number of hydrogen-bond acceptors (Lipinski definition) is 3. The third-order valence-corrected chi connectivity index (χ3v) is 3.90. The number of aryl methyl sites for hydroxylation is 1. The van der Waals surface area contributed by atoms with E-state index in [0.717, 1.165) is 21.3 Å². The number of aromatic nitrogens is 1. The fourth-order valence-corrected chi connectivity index (χ4v) is 2.72. The molecule has 0 amide bonds. The molecule has 112 valence electrons. The predicted octanol–water partition coefficient (Wildman–Crippen LogP) is 3.59. The van der Waals surface area contributed by atoms with Gasteiger partial charge >= 0.3 is 0 Å². The highest BCUT2D eigenvalue weighted by atomic mass is 79.9. The highest BCUT2D eigenvalue weighted by Gasteiger charge is 2.11. The highest BCUT2D eigenvalue weighted by molar-refractivity contribution is 9.10. The topological polar surface area (TPSA) is 40.5 Å². The van der Waals surface area contributed by atoms with Crippen LogP contribution in [0.5, 0.6) is 5.75 Å². The van der Waals surface area contributed by atoms with Crippen LogP contribution in [0.25, 0.3) is 11.3 Å². The molecule has 1 aromatic carbocycles. The molecule has 0 radical (unpaired) electrons. The summed E-state index contributed by atoms with van der Waals surface area (Å²) in [4.78, 5) is 12.2. The van der Waals surface area contributed by atoms with Gasteiger partial charge in [-0.15, -0.1) is 0 Å². The number of halogens is 1. The summed E-state index contributed by atoms with van der Waals surface area (Å²) in [6, 6.07) is 9.50. The first-order valence-electron chi connectivity index (χ1n) is 6.70. The average Bonchev–Trinajstić information content (AvgIpc) is 2.48. The minimum Gasteiger partial charge on any atom is -0.468 e. The number of benzene rings is 1. The Balaban J connectivity index is 2.48. The first-order chi connectivity index (χ1) is 10.1. The summed E-state index contributed by atoms with van der Waals surface area (Å²) in [5.74, 6) is 0.713. The maximum atomic E-state index is 12.2. The molecule has 0 fully saturated rings. The van der Waals surface area contributed by atoms with Gasteiger partial charge in [-0.05, 0) is 54.0 Å². The van der Waals surface area contributed by atoms with Gasteiger partial charge in [0.25, 0.3) is 5.56 Å². The molecular formula is C16H18BrNO3. The second-order valence-electron chi connectivity index (χ2n) is 4.64. The van der Waals surface area contributed by atoms with Crippen LogP contribution in [0.3, 0.4) is 0 Å². The Morgan fingerprint density at radius 2 is 2.00 bits per heavy atom. The van der Waals surface area contributed by atoms with Crippen molar-refractivity contribution in [3.8, 4) is 17.0 Å². The van der Waals surface area contributed by atoms with Crippen molar-refractivity contribution in [1.29, 1.82) is 0 Å². The fourth-order valence-electron chi connectivity index (χ4n) is 2.16. The van der Waals surface area contributed by atoms with E-state index in [1.807, 2.05) is 44.2 Å². The summed E-state index contributed by atoms with van der Waals surface area (Å²) in [7, 11) is 1.58. The monoisotopic (exact) mass is 351 g/mol. The molecule has 0 saturated carbocycles. The van der Waals surface area contributed by atoms with Crippen molar-refractivity contribution in [2.24, 2.45) is 0 Å². The van der Waals surface area contributed by atoms with Crippen LogP contribution in [-0.2, 0) is 11.3 Å². The van der Waals surface area contributed by atoms with Crippen molar-refractivity contribution in [2.75, 3.05) is 13.9 Å². The molecule has 0 aliphatic carbocycles. The molecule has 0 N–H and O–H groups in total. The molecule has 0 saturated heterocycles. The zero-order chi connectivity index (χ0) is 15.4. The Kier molecular flexibility index (Phi) is 5.20. The summed E-state index contributed by atoms with van der Waals surface area (Å²) in [6.07, 6.45) is 0. The van der Waals surface area contributed by atoms with Crippen LogP contribution in [0, 0.1) is 6.92 Å². The molecule has 21 heavy (non-hydrogen) atoms. The molecule has 2 aromatic rings. The van der Waals surface area contributed by atoms with Crippen LogP contribution < -0.4 is 10.3 Å². The lowest BCUT2D eigenvalue weighted by Crippen LogP contribution is -2.22. The van der Waals surface area contributed by atoms with Crippen LogP contribution in [0.15, 0.2) is 39.6 Å². The van der Waals surface area contributed by atoms with Crippen molar-refractivity contribution < 1.29 is 9.47 Å². The van der Waals surface area contributed by atoms with Gasteiger partial charge in [0.15, 0.2) is 6.79 Å². The van der Waals surface area contributed by atoms with E-state index in [-0.39, 0.29) is 12.4 Å². The maximum absolute atomic E-state index is 12.2. The van der Waals surface area contributed by atoms with Crippen LogP contribution in [0.1, 0.15) is 12.5 Å². The smallest absolute Gasteiger partial charge is 0.253 e. The minimum atomic E-state index is 0.0432. The van der Waals surface area contributed by atoms with Gasteiger partial charge in [0.2, 0.25) is 0 Å². The van der Waals surface area contributed by atoms with Gasteiger partial charge in [-0.2, -0.15) is 0 Å².